The topological polar surface area (TPSA) is 55.1 Å². The second kappa shape index (κ2) is 9.74. The van der Waals surface area contributed by atoms with Gasteiger partial charge in [0.15, 0.2) is 5.78 Å². The number of rotatable bonds is 5. The Morgan fingerprint density at radius 2 is 1.49 bits per heavy atom. The average Bonchev–Trinajstić information content (AvgIpc) is 3.58. The van der Waals surface area contributed by atoms with Gasteiger partial charge in [-0.15, -0.1) is 0 Å². The molecule has 2 N–H and O–H groups in total. The van der Waals surface area contributed by atoms with Crippen LogP contribution in [-0.4, -0.2) is 38.6 Å². The number of hydrogen-bond acceptors (Lipinski definition) is 3. The molecule has 5 aromatic rings. The van der Waals surface area contributed by atoms with E-state index < -0.39 is 0 Å². The molecule has 0 saturated carbocycles. The SMILES string of the molecule is CCCCC1=C(C(=O)c2ccccc2Br)[C@@H]2c3[nH]c4ccccc4c3CCN2[C@@H]2c3[nH]c4ccccc4c3CCN12. The lowest BCUT2D eigenvalue weighted by molar-refractivity contribution is 0.000616. The molecule has 0 bridgehead atoms. The molecule has 5 heterocycles. The number of benzene rings is 3. The zero-order valence-corrected chi connectivity index (χ0v) is 24.8. The van der Waals surface area contributed by atoms with Crippen LogP contribution in [0.2, 0.25) is 0 Å². The maximum atomic E-state index is 14.8. The predicted octanol–water partition coefficient (Wildman–Crippen LogP) is 8.21. The Morgan fingerprint density at radius 1 is 0.854 bits per heavy atom. The minimum absolute atomic E-state index is 0.0679. The summed E-state index contributed by atoms with van der Waals surface area (Å²) in [6.45, 7) is 4.04. The fraction of sp³-hybridized carbons (Fsp3) is 0.286. The summed E-state index contributed by atoms with van der Waals surface area (Å²) in [4.78, 5) is 27.6. The molecule has 3 aromatic carbocycles. The Hall–Kier alpha value is -3.61. The van der Waals surface area contributed by atoms with Crippen molar-refractivity contribution in [2.45, 2.75) is 51.2 Å². The number of para-hydroxylation sites is 2. The van der Waals surface area contributed by atoms with E-state index in [9.17, 15) is 4.79 Å². The molecule has 0 unspecified atom stereocenters. The van der Waals surface area contributed by atoms with Gasteiger partial charge in [-0.25, -0.2) is 0 Å². The number of nitrogens with one attached hydrogen (secondary N) is 2. The van der Waals surface area contributed by atoms with E-state index in [0.29, 0.717) is 0 Å². The molecule has 0 aliphatic carbocycles. The number of allylic oxidation sites excluding steroid dienone is 1. The molecule has 3 aliphatic rings. The third-order valence-corrected chi connectivity index (χ3v) is 10.1. The first-order valence-corrected chi connectivity index (χ1v) is 15.7. The number of Topliss-reactive ketones (excluding diaryl/α,β-unsaturated/α-hetero) is 1. The second-order valence-electron chi connectivity index (χ2n) is 11.6. The van der Waals surface area contributed by atoms with Crippen LogP contribution in [0.1, 0.15) is 71.3 Å². The highest BCUT2D eigenvalue weighted by atomic mass is 79.9. The van der Waals surface area contributed by atoms with E-state index in [1.54, 1.807) is 0 Å². The number of hydrogen-bond donors (Lipinski definition) is 2. The maximum absolute atomic E-state index is 14.8. The zero-order valence-electron chi connectivity index (χ0n) is 23.2. The second-order valence-corrected chi connectivity index (χ2v) is 12.5. The molecule has 41 heavy (non-hydrogen) atoms. The summed E-state index contributed by atoms with van der Waals surface area (Å²) in [6.07, 6.45) is 5.03. The highest BCUT2D eigenvalue weighted by molar-refractivity contribution is 9.10. The lowest BCUT2D eigenvalue weighted by atomic mass is 9.81. The Bertz CT molecular complexity index is 1860. The molecule has 3 aliphatic heterocycles. The summed E-state index contributed by atoms with van der Waals surface area (Å²) in [6, 6.07) is 25.1. The number of carbonyl (C=O) groups excluding carboxylic acids is 1. The summed E-state index contributed by atoms with van der Waals surface area (Å²) >= 11 is 3.71. The molecular formula is C35H33BrN4O. The van der Waals surface area contributed by atoms with E-state index >= 15 is 0 Å². The summed E-state index contributed by atoms with van der Waals surface area (Å²) in [5, 5.41) is 2.61. The number of aromatic nitrogens is 2. The number of halogens is 1. The molecule has 0 spiro atoms. The first-order valence-electron chi connectivity index (χ1n) is 14.9. The standard InChI is InChI=1S/C35H33BrN4O/c1-2-3-16-29-30(34(41)25-12-4-7-13-26(25)36)33-31-23(21-10-5-8-14-27(21)37-31)18-20-40(33)35-32-24(17-19-39(29)35)22-11-6-9-15-28(22)38-32/h4-15,33,35,37-38H,2-3,16-20H2,1H3/t33-,35-/m1/s1. The van der Waals surface area contributed by atoms with Crippen molar-refractivity contribution in [1.82, 2.24) is 19.8 Å². The molecular weight excluding hydrogens is 572 g/mol. The van der Waals surface area contributed by atoms with Crippen LogP contribution in [0.3, 0.4) is 0 Å². The van der Waals surface area contributed by atoms with E-state index in [0.717, 1.165) is 66.3 Å². The quantitative estimate of drug-likeness (QED) is 0.199. The number of carbonyl (C=O) groups is 1. The summed E-state index contributed by atoms with van der Waals surface area (Å²) < 4.78 is 0.852. The number of H-pyrrole nitrogens is 2. The monoisotopic (exact) mass is 604 g/mol. The maximum Gasteiger partial charge on any atom is 0.193 e. The van der Waals surface area contributed by atoms with Gasteiger partial charge in [-0.05, 0) is 61.1 Å². The number of aromatic amines is 2. The third-order valence-electron chi connectivity index (χ3n) is 9.45. The van der Waals surface area contributed by atoms with Crippen LogP contribution in [0.15, 0.2) is 88.5 Å². The summed E-state index contributed by atoms with van der Waals surface area (Å²) in [5.41, 5.74) is 10.5. The van der Waals surface area contributed by atoms with Gasteiger partial charge in [-0.3, -0.25) is 9.69 Å². The van der Waals surface area contributed by atoms with Crippen LogP contribution in [0, 0.1) is 0 Å². The van der Waals surface area contributed by atoms with Crippen LogP contribution in [0.5, 0.6) is 0 Å². The zero-order chi connectivity index (χ0) is 27.7. The van der Waals surface area contributed by atoms with E-state index in [1.165, 1.54) is 44.5 Å². The van der Waals surface area contributed by atoms with Crippen LogP contribution in [0.25, 0.3) is 21.8 Å². The van der Waals surface area contributed by atoms with Crippen molar-refractivity contribution in [2.75, 3.05) is 13.1 Å². The lowest BCUT2D eigenvalue weighted by Crippen LogP contribution is -2.54. The first kappa shape index (κ1) is 25.1. The molecule has 0 amide bonds. The van der Waals surface area contributed by atoms with E-state index in [4.69, 9.17) is 0 Å². The molecule has 6 heteroatoms. The highest BCUT2D eigenvalue weighted by Gasteiger charge is 2.49. The lowest BCUT2D eigenvalue weighted by Gasteiger charge is -2.54. The van der Waals surface area contributed by atoms with Gasteiger partial charge in [0.2, 0.25) is 0 Å². The van der Waals surface area contributed by atoms with Crippen LogP contribution in [0.4, 0.5) is 0 Å². The van der Waals surface area contributed by atoms with E-state index in [1.807, 2.05) is 24.3 Å². The van der Waals surface area contributed by atoms with Gasteiger partial charge < -0.3 is 14.9 Å². The van der Waals surface area contributed by atoms with Gasteiger partial charge in [0.05, 0.1) is 11.7 Å². The molecule has 8 rings (SSSR count). The van der Waals surface area contributed by atoms with Gasteiger partial charge in [-0.2, -0.15) is 0 Å². The minimum Gasteiger partial charge on any atom is -0.357 e. The molecule has 2 atom stereocenters. The Labute approximate surface area is 248 Å². The van der Waals surface area contributed by atoms with Crippen molar-refractivity contribution in [1.29, 1.82) is 0 Å². The first-order chi connectivity index (χ1) is 20.2. The Balaban J connectivity index is 1.41. The molecule has 206 valence electrons. The van der Waals surface area contributed by atoms with Gasteiger partial charge >= 0.3 is 0 Å². The number of ketones is 1. The van der Waals surface area contributed by atoms with Gasteiger partial charge in [0.25, 0.3) is 0 Å². The molecule has 0 radical (unpaired) electrons. The summed E-state index contributed by atoms with van der Waals surface area (Å²) in [7, 11) is 0. The minimum atomic E-state index is -0.142. The van der Waals surface area contributed by atoms with Crippen molar-refractivity contribution in [3.63, 3.8) is 0 Å². The number of nitrogens with zero attached hydrogens (tertiary/aromatic N) is 2. The predicted molar refractivity (Wildman–Crippen MR) is 168 cm³/mol. The average molecular weight is 606 g/mol. The van der Waals surface area contributed by atoms with Crippen LogP contribution < -0.4 is 0 Å². The van der Waals surface area contributed by atoms with Crippen LogP contribution in [-0.2, 0) is 12.8 Å². The number of fused-ring (bicyclic) bond motifs is 11. The van der Waals surface area contributed by atoms with Gasteiger partial charge in [0.1, 0.15) is 6.17 Å². The third kappa shape index (κ3) is 3.73. The van der Waals surface area contributed by atoms with Gasteiger partial charge in [-0.1, -0.05) is 77.8 Å². The van der Waals surface area contributed by atoms with Gasteiger partial charge in [0, 0.05) is 61.9 Å². The normalized spacial score (nSPS) is 20.2. The largest absolute Gasteiger partial charge is 0.357 e. The smallest absolute Gasteiger partial charge is 0.193 e. The Kier molecular flexibility index (Phi) is 5.97. The van der Waals surface area contributed by atoms with Crippen molar-refractivity contribution in [3.05, 3.63) is 117 Å². The fourth-order valence-corrected chi connectivity index (χ4v) is 8.13. The van der Waals surface area contributed by atoms with Crippen molar-refractivity contribution in [2.24, 2.45) is 0 Å². The molecule has 0 saturated heterocycles. The Morgan fingerprint density at radius 3 is 2.22 bits per heavy atom. The molecule has 2 aromatic heterocycles. The van der Waals surface area contributed by atoms with Crippen molar-refractivity contribution >= 4 is 43.5 Å². The van der Waals surface area contributed by atoms with E-state index in [2.05, 4.69) is 91.2 Å². The number of unbranched alkanes of at least 4 members (excludes halogenated alkanes) is 1. The highest BCUT2D eigenvalue weighted by Crippen LogP contribution is 2.53. The molecule has 0 fully saturated rings. The van der Waals surface area contributed by atoms with E-state index in [-0.39, 0.29) is 18.0 Å². The fourth-order valence-electron chi connectivity index (χ4n) is 7.66. The summed E-state index contributed by atoms with van der Waals surface area (Å²) in [5.74, 6) is 0.131. The van der Waals surface area contributed by atoms with Crippen molar-refractivity contribution < 1.29 is 4.79 Å². The van der Waals surface area contributed by atoms with Crippen molar-refractivity contribution in [3.8, 4) is 0 Å². The molecule has 5 nitrogen and oxygen atoms in total. The van der Waals surface area contributed by atoms with Crippen LogP contribution >= 0.6 is 15.9 Å².